The molecule has 0 saturated heterocycles. The van der Waals surface area contributed by atoms with Crippen LogP contribution in [0.25, 0.3) is 0 Å². The highest BCUT2D eigenvalue weighted by Gasteiger charge is 2.01. The van der Waals surface area contributed by atoms with E-state index in [-0.39, 0.29) is 0 Å². The van der Waals surface area contributed by atoms with Crippen molar-refractivity contribution >= 4 is 0 Å². The molecule has 2 aromatic rings. The van der Waals surface area contributed by atoms with Crippen molar-refractivity contribution in [3.05, 3.63) is 42.0 Å². The zero-order chi connectivity index (χ0) is 12.1. The van der Waals surface area contributed by atoms with Crippen molar-refractivity contribution in [2.75, 3.05) is 0 Å². The molecule has 17 heavy (non-hydrogen) atoms. The van der Waals surface area contributed by atoms with Crippen LogP contribution < -0.4 is 5.32 Å². The summed E-state index contributed by atoms with van der Waals surface area (Å²) in [5, 5.41) is 15.4. The zero-order valence-corrected chi connectivity index (χ0v) is 10.2. The topological polar surface area (TPSA) is 55.6 Å². The summed E-state index contributed by atoms with van der Waals surface area (Å²) in [5.74, 6) is 0. The third-order valence-electron chi connectivity index (χ3n) is 2.45. The summed E-state index contributed by atoms with van der Waals surface area (Å²) in [6.07, 6.45) is 5.63. The lowest BCUT2D eigenvalue weighted by Gasteiger charge is -2.03. The first-order chi connectivity index (χ1) is 8.25. The number of hydrogen-bond donors (Lipinski definition) is 1. The standard InChI is InChI=1S/C12H17N5/c1-10(2)17-9-11(7-15-17)6-13-8-12-4-3-5-14-16-12/h3-5,7,9-10,13H,6,8H2,1-2H3. The highest BCUT2D eigenvalue weighted by molar-refractivity contribution is 5.05. The molecule has 0 unspecified atom stereocenters. The quantitative estimate of drug-likeness (QED) is 0.848. The van der Waals surface area contributed by atoms with Crippen LogP contribution in [0, 0.1) is 0 Å². The third-order valence-corrected chi connectivity index (χ3v) is 2.45. The molecule has 0 spiro atoms. The lowest BCUT2D eigenvalue weighted by atomic mass is 10.3. The molecule has 2 rings (SSSR count). The minimum Gasteiger partial charge on any atom is -0.307 e. The van der Waals surface area contributed by atoms with Crippen molar-refractivity contribution in [1.82, 2.24) is 25.3 Å². The van der Waals surface area contributed by atoms with E-state index in [2.05, 4.69) is 40.7 Å². The maximum atomic E-state index is 4.29. The van der Waals surface area contributed by atoms with Crippen molar-refractivity contribution in [1.29, 1.82) is 0 Å². The second-order valence-electron chi connectivity index (χ2n) is 4.24. The molecule has 0 atom stereocenters. The number of rotatable bonds is 5. The Balaban J connectivity index is 1.82. The third kappa shape index (κ3) is 3.35. The van der Waals surface area contributed by atoms with Crippen molar-refractivity contribution in [2.24, 2.45) is 0 Å². The molecule has 0 aliphatic carbocycles. The predicted molar refractivity (Wildman–Crippen MR) is 65.2 cm³/mol. The molecule has 0 aliphatic rings. The van der Waals surface area contributed by atoms with Gasteiger partial charge < -0.3 is 5.32 Å². The molecule has 5 nitrogen and oxygen atoms in total. The van der Waals surface area contributed by atoms with E-state index in [1.807, 2.05) is 23.0 Å². The number of nitrogens with one attached hydrogen (secondary N) is 1. The Morgan fingerprint density at radius 1 is 1.35 bits per heavy atom. The van der Waals surface area contributed by atoms with Crippen LogP contribution in [0.2, 0.25) is 0 Å². The molecule has 2 aromatic heterocycles. The van der Waals surface area contributed by atoms with Crippen molar-refractivity contribution in [3.63, 3.8) is 0 Å². The Labute approximate surface area is 101 Å². The fourth-order valence-electron chi connectivity index (χ4n) is 1.51. The zero-order valence-electron chi connectivity index (χ0n) is 10.2. The molecule has 5 heteroatoms. The highest BCUT2D eigenvalue weighted by atomic mass is 15.3. The Kier molecular flexibility index (Phi) is 3.82. The van der Waals surface area contributed by atoms with Crippen LogP contribution in [0.4, 0.5) is 0 Å². The molecule has 0 radical (unpaired) electrons. The lowest BCUT2D eigenvalue weighted by Crippen LogP contribution is -2.13. The van der Waals surface area contributed by atoms with Gasteiger partial charge in [-0.05, 0) is 26.0 Å². The van der Waals surface area contributed by atoms with Gasteiger partial charge >= 0.3 is 0 Å². The van der Waals surface area contributed by atoms with Gasteiger partial charge in [0, 0.05) is 37.1 Å². The van der Waals surface area contributed by atoms with E-state index in [4.69, 9.17) is 0 Å². The van der Waals surface area contributed by atoms with Crippen molar-refractivity contribution in [2.45, 2.75) is 33.0 Å². The molecule has 0 fully saturated rings. The van der Waals surface area contributed by atoms with Crippen LogP contribution in [0.3, 0.4) is 0 Å². The molecule has 0 bridgehead atoms. The minimum absolute atomic E-state index is 0.406. The number of aromatic nitrogens is 4. The van der Waals surface area contributed by atoms with Crippen LogP contribution in [0.5, 0.6) is 0 Å². The van der Waals surface area contributed by atoms with Gasteiger partial charge in [0.25, 0.3) is 0 Å². The molecular formula is C12H17N5. The summed E-state index contributed by atoms with van der Waals surface area (Å²) in [7, 11) is 0. The molecule has 0 amide bonds. The Hall–Kier alpha value is -1.75. The summed E-state index contributed by atoms with van der Waals surface area (Å²) in [5.41, 5.74) is 2.13. The normalized spacial score (nSPS) is 11.0. The minimum atomic E-state index is 0.406. The van der Waals surface area contributed by atoms with Crippen LogP contribution in [0.1, 0.15) is 31.1 Å². The summed E-state index contributed by atoms with van der Waals surface area (Å²) >= 11 is 0. The lowest BCUT2D eigenvalue weighted by molar-refractivity contribution is 0.531. The van der Waals surface area contributed by atoms with Crippen molar-refractivity contribution in [3.8, 4) is 0 Å². The van der Waals surface area contributed by atoms with Gasteiger partial charge in [-0.15, -0.1) is 0 Å². The van der Waals surface area contributed by atoms with Gasteiger partial charge in [-0.25, -0.2) is 0 Å². The Bertz CT molecular complexity index is 449. The Morgan fingerprint density at radius 3 is 2.88 bits per heavy atom. The monoisotopic (exact) mass is 231 g/mol. The summed E-state index contributed by atoms with van der Waals surface area (Å²) in [6.45, 7) is 5.75. The van der Waals surface area contributed by atoms with Gasteiger partial charge in [0.1, 0.15) is 0 Å². The number of nitrogens with zero attached hydrogens (tertiary/aromatic N) is 4. The molecule has 1 N–H and O–H groups in total. The molecule has 90 valence electrons. The van der Waals surface area contributed by atoms with E-state index in [0.29, 0.717) is 6.04 Å². The largest absolute Gasteiger partial charge is 0.307 e. The first kappa shape index (κ1) is 11.7. The highest BCUT2D eigenvalue weighted by Crippen LogP contribution is 2.05. The fourth-order valence-corrected chi connectivity index (χ4v) is 1.51. The first-order valence-electron chi connectivity index (χ1n) is 5.76. The van der Waals surface area contributed by atoms with Gasteiger partial charge in [-0.3, -0.25) is 4.68 Å². The molecule has 2 heterocycles. The van der Waals surface area contributed by atoms with Crippen LogP contribution in [0.15, 0.2) is 30.7 Å². The summed E-state index contributed by atoms with van der Waals surface area (Å²) in [6, 6.07) is 4.25. The second kappa shape index (κ2) is 5.54. The Morgan fingerprint density at radius 2 is 2.24 bits per heavy atom. The predicted octanol–water partition coefficient (Wildman–Crippen LogP) is 1.54. The van der Waals surface area contributed by atoms with Gasteiger partial charge in [0.05, 0.1) is 11.9 Å². The SMILES string of the molecule is CC(C)n1cc(CNCc2cccnn2)cn1. The average Bonchev–Trinajstić information content (AvgIpc) is 2.79. The number of hydrogen-bond acceptors (Lipinski definition) is 4. The average molecular weight is 231 g/mol. The molecule has 0 aliphatic heterocycles. The van der Waals surface area contributed by atoms with E-state index in [1.165, 1.54) is 5.56 Å². The van der Waals surface area contributed by atoms with Crippen LogP contribution in [-0.2, 0) is 13.1 Å². The summed E-state index contributed by atoms with van der Waals surface area (Å²) < 4.78 is 1.96. The van der Waals surface area contributed by atoms with Gasteiger partial charge in [0.15, 0.2) is 0 Å². The molecule has 0 aromatic carbocycles. The molecular weight excluding hydrogens is 214 g/mol. The van der Waals surface area contributed by atoms with E-state index in [1.54, 1.807) is 6.20 Å². The van der Waals surface area contributed by atoms with Crippen molar-refractivity contribution < 1.29 is 0 Å². The van der Waals surface area contributed by atoms with E-state index < -0.39 is 0 Å². The van der Waals surface area contributed by atoms with E-state index in [0.717, 1.165) is 18.8 Å². The van der Waals surface area contributed by atoms with Gasteiger partial charge in [-0.1, -0.05) is 0 Å². The van der Waals surface area contributed by atoms with Crippen LogP contribution in [-0.4, -0.2) is 20.0 Å². The van der Waals surface area contributed by atoms with Crippen LogP contribution >= 0.6 is 0 Å². The first-order valence-corrected chi connectivity index (χ1v) is 5.76. The molecule has 0 saturated carbocycles. The maximum Gasteiger partial charge on any atom is 0.0769 e. The fraction of sp³-hybridized carbons (Fsp3) is 0.417. The van der Waals surface area contributed by atoms with E-state index in [9.17, 15) is 0 Å². The smallest absolute Gasteiger partial charge is 0.0769 e. The maximum absolute atomic E-state index is 4.29. The van der Waals surface area contributed by atoms with Gasteiger partial charge in [0.2, 0.25) is 0 Å². The summed E-state index contributed by atoms with van der Waals surface area (Å²) in [4.78, 5) is 0. The van der Waals surface area contributed by atoms with E-state index >= 15 is 0 Å². The van der Waals surface area contributed by atoms with Gasteiger partial charge in [-0.2, -0.15) is 15.3 Å². The second-order valence-corrected chi connectivity index (χ2v) is 4.24.